The van der Waals surface area contributed by atoms with Crippen LogP contribution in [0.15, 0.2) is 48.5 Å². The highest BCUT2D eigenvalue weighted by Crippen LogP contribution is 2.25. The molecule has 1 aliphatic rings. The maximum atomic E-state index is 13.1. The minimum absolute atomic E-state index is 0.0890. The molecule has 0 bridgehead atoms. The lowest BCUT2D eigenvalue weighted by Gasteiger charge is -2.32. The van der Waals surface area contributed by atoms with Crippen molar-refractivity contribution in [2.75, 3.05) is 19.7 Å². The Hall–Kier alpha value is -2.36. The quantitative estimate of drug-likeness (QED) is 0.588. The number of hydrogen-bond acceptors (Lipinski definition) is 5. The Bertz CT molecular complexity index is 884. The van der Waals surface area contributed by atoms with Gasteiger partial charge in [-0.2, -0.15) is 4.31 Å². The molecule has 7 nitrogen and oxygen atoms in total. The fraction of sp³-hybridized carbons (Fsp3) is 0.294. The number of morpholine rings is 1. The van der Waals surface area contributed by atoms with E-state index in [1.165, 1.54) is 40.7 Å². The summed E-state index contributed by atoms with van der Waals surface area (Å²) in [5.74, 6) is -0.617. The zero-order chi connectivity index (χ0) is 18.7. The smallest absolute Gasteiger partial charge is 0.269 e. The van der Waals surface area contributed by atoms with Crippen LogP contribution in [0.3, 0.4) is 0 Å². The monoisotopic (exact) mass is 380 g/mol. The number of hydrogen-bond donors (Lipinski definition) is 0. The van der Waals surface area contributed by atoms with E-state index in [4.69, 9.17) is 4.74 Å². The molecule has 1 heterocycles. The Labute approximate surface area is 150 Å². The molecule has 1 atom stereocenters. The van der Waals surface area contributed by atoms with Crippen LogP contribution in [0.4, 0.5) is 10.1 Å². The third-order valence-electron chi connectivity index (χ3n) is 4.16. The van der Waals surface area contributed by atoms with Crippen molar-refractivity contribution in [2.24, 2.45) is 0 Å². The van der Waals surface area contributed by atoms with Crippen LogP contribution in [0.5, 0.6) is 0 Å². The zero-order valence-electron chi connectivity index (χ0n) is 13.7. The summed E-state index contributed by atoms with van der Waals surface area (Å²) in [6, 6.07) is 11.2. The third kappa shape index (κ3) is 4.24. The second-order valence-electron chi connectivity index (χ2n) is 5.95. The van der Waals surface area contributed by atoms with Crippen LogP contribution in [0.1, 0.15) is 17.2 Å². The van der Waals surface area contributed by atoms with Crippen molar-refractivity contribution >= 4 is 15.7 Å². The number of ether oxygens (including phenoxy) is 1. The summed E-state index contributed by atoms with van der Waals surface area (Å²) < 4.78 is 45.4. The molecule has 2 aromatic rings. The minimum Gasteiger partial charge on any atom is -0.371 e. The van der Waals surface area contributed by atoms with Crippen molar-refractivity contribution in [3.63, 3.8) is 0 Å². The number of halogens is 1. The van der Waals surface area contributed by atoms with E-state index in [1.54, 1.807) is 12.1 Å². The fourth-order valence-corrected chi connectivity index (χ4v) is 4.28. The molecular weight excluding hydrogens is 363 g/mol. The first-order valence-corrected chi connectivity index (χ1v) is 9.54. The molecule has 0 amide bonds. The molecule has 0 radical (unpaired) electrons. The molecule has 26 heavy (non-hydrogen) atoms. The Kier molecular flexibility index (Phi) is 5.30. The van der Waals surface area contributed by atoms with Crippen LogP contribution >= 0.6 is 0 Å². The summed E-state index contributed by atoms with van der Waals surface area (Å²) in [7, 11) is -3.61. The van der Waals surface area contributed by atoms with Crippen LogP contribution in [-0.2, 0) is 20.5 Å². The molecular formula is C17H17FN2O5S. The highest BCUT2D eigenvalue weighted by molar-refractivity contribution is 7.88. The van der Waals surface area contributed by atoms with E-state index in [9.17, 15) is 22.9 Å². The lowest BCUT2D eigenvalue weighted by molar-refractivity contribution is -0.384. The largest absolute Gasteiger partial charge is 0.371 e. The van der Waals surface area contributed by atoms with Crippen LogP contribution in [-0.4, -0.2) is 37.3 Å². The number of benzene rings is 2. The first kappa shape index (κ1) is 18.4. The van der Waals surface area contributed by atoms with Crippen molar-refractivity contribution in [1.82, 2.24) is 4.31 Å². The molecule has 3 rings (SSSR count). The molecule has 1 saturated heterocycles. The summed E-state index contributed by atoms with van der Waals surface area (Å²) in [6.07, 6.45) is -0.462. The molecule has 2 aromatic carbocycles. The van der Waals surface area contributed by atoms with E-state index in [1.807, 2.05) is 0 Å². The molecule has 1 fully saturated rings. The average Bonchev–Trinajstić information content (AvgIpc) is 2.62. The van der Waals surface area contributed by atoms with Gasteiger partial charge in [-0.1, -0.05) is 24.3 Å². The van der Waals surface area contributed by atoms with Gasteiger partial charge < -0.3 is 4.74 Å². The van der Waals surface area contributed by atoms with E-state index in [2.05, 4.69) is 0 Å². The Balaban J connectivity index is 1.71. The number of nitro groups is 1. The van der Waals surface area contributed by atoms with E-state index in [0.717, 1.165) is 0 Å². The maximum Gasteiger partial charge on any atom is 0.269 e. The summed E-state index contributed by atoms with van der Waals surface area (Å²) >= 11 is 0. The number of nitro benzene ring substituents is 1. The van der Waals surface area contributed by atoms with Crippen molar-refractivity contribution in [2.45, 2.75) is 11.9 Å². The van der Waals surface area contributed by atoms with Crippen LogP contribution in [0.25, 0.3) is 0 Å². The highest BCUT2D eigenvalue weighted by Gasteiger charge is 2.30. The number of sulfonamides is 1. The van der Waals surface area contributed by atoms with Crippen LogP contribution in [0.2, 0.25) is 0 Å². The molecule has 9 heteroatoms. The normalized spacial score (nSPS) is 18.6. The van der Waals surface area contributed by atoms with Crippen molar-refractivity contribution < 1.29 is 22.5 Å². The van der Waals surface area contributed by atoms with Crippen molar-refractivity contribution in [3.05, 3.63) is 75.6 Å². The van der Waals surface area contributed by atoms with Gasteiger partial charge in [0.15, 0.2) is 0 Å². The van der Waals surface area contributed by atoms with E-state index in [0.29, 0.717) is 11.1 Å². The Morgan fingerprint density at radius 3 is 2.42 bits per heavy atom. The molecule has 0 saturated carbocycles. The molecule has 138 valence electrons. The van der Waals surface area contributed by atoms with Gasteiger partial charge in [-0.15, -0.1) is 0 Å². The zero-order valence-corrected chi connectivity index (χ0v) is 14.6. The molecule has 1 unspecified atom stereocenters. The third-order valence-corrected chi connectivity index (χ3v) is 5.98. The Morgan fingerprint density at radius 2 is 1.81 bits per heavy atom. The standard InChI is InChI=1S/C17H17FN2O5S/c18-15-5-3-14(4-6-15)17-11-19(9-10-25-17)26(23,24)12-13-1-7-16(8-2-13)20(21)22/h1-8,17H,9-12H2. The van der Waals surface area contributed by atoms with Gasteiger partial charge in [-0.25, -0.2) is 12.8 Å². The predicted molar refractivity (Wildman–Crippen MR) is 92.4 cm³/mol. The van der Waals surface area contributed by atoms with Crippen LogP contribution in [0, 0.1) is 15.9 Å². The van der Waals surface area contributed by atoms with Gasteiger partial charge in [0.25, 0.3) is 5.69 Å². The van der Waals surface area contributed by atoms with Gasteiger partial charge in [0, 0.05) is 25.2 Å². The minimum atomic E-state index is -3.61. The highest BCUT2D eigenvalue weighted by atomic mass is 32.2. The Morgan fingerprint density at radius 1 is 1.15 bits per heavy atom. The lowest BCUT2D eigenvalue weighted by Crippen LogP contribution is -2.42. The van der Waals surface area contributed by atoms with E-state index < -0.39 is 21.1 Å². The predicted octanol–water partition coefficient (Wildman–Crippen LogP) is 2.64. The van der Waals surface area contributed by atoms with Gasteiger partial charge in [0.2, 0.25) is 10.0 Å². The first-order valence-electron chi connectivity index (χ1n) is 7.93. The summed E-state index contributed by atoms with van der Waals surface area (Å²) in [4.78, 5) is 10.1. The van der Waals surface area contributed by atoms with Gasteiger partial charge in [-0.3, -0.25) is 10.1 Å². The summed E-state index contributed by atoms with van der Waals surface area (Å²) in [5.41, 5.74) is 1.09. The second-order valence-corrected chi connectivity index (χ2v) is 7.92. The maximum absolute atomic E-state index is 13.1. The van der Waals surface area contributed by atoms with Gasteiger partial charge >= 0.3 is 0 Å². The average molecular weight is 380 g/mol. The van der Waals surface area contributed by atoms with E-state index in [-0.39, 0.29) is 37.0 Å². The first-order chi connectivity index (χ1) is 12.3. The number of nitrogens with zero attached hydrogens (tertiary/aromatic N) is 2. The van der Waals surface area contributed by atoms with Crippen LogP contribution < -0.4 is 0 Å². The van der Waals surface area contributed by atoms with Gasteiger partial charge in [0.05, 0.1) is 23.4 Å². The molecule has 1 aliphatic heterocycles. The van der Waals surface area contributed by atoms with Gasteiger partial charge in [0.1, 0.15) is 5.82 Å². The van der Waals surface area contributed by atoms with Crippen molar-refractivity contribution in [1.29, 1.82) is 0 Å². The van der Waals surface area contributed by atoms with Gasteiger partial charge in [-0.05, 0) is 23.3 Å². The molecule has 0 aliphatic carbocycles. The fourth-order valence-electron chi connectivity index (χ4n) is 2.77. The summed E-state index contributed by atoms with van der Waals surface area (Å²) in [6.45, 7) is 0.607. The lowest BCUT2D eigenvalue weighted by atomic mass is 10.1. The van der Waals surface area contributed by atoms with E-state index >= 15 is 0 Å². The van der Waals surface area contributed by atoms with Crippen molar-refractivity contribution in [3.8, 4) is 0 Å². The SMILES string of the molecule is O=[N+]([O-])c1ccc(CS(=O)(=O)N2CCOC(c3ccc(F)cc3)C2)cc1. The topological polar surface area (TPSA) is 89.8 Å². The molecule has 0 N–H and O–H groups in total. The summed E-state index contributed by atoms with van der Waals surface area (Å²) in [5, 5.41) is 10.7. The molecule has 0 spiro atoms. The second kappa shape index (κ2) is 7.48. The number of non-ortho nitro benzene ring substituents is 1. The number of rotatable bonds is 5. The molecule has 0 aromatic heterocycles.